The predicted molar refractivity (Wildman–Crippen MR) is 158 cm³/mol. The number of benzene rings is 2. The molecular formula is C31H42N2O6Si. The van der Waals surface area contributed by atoms with Crippen LogP contribution in [-0.4, -0.2) is 48.2 Å². The highest BCUT2D eigenvalue weighted by Crippen LogP contribution is 2.38. The van der Waals surface area contributed by atoms with Crippen LogP contribution >= 0.6 is 0 Å². The van der Waals surface area contributed by atoms with E-state index >= 15 is 0 Å². The molecule has 0 fully saturated rings. The molecule has 0 aliphatic rings. The highest BCUT2D eigenvalue weighted by Gasteiger charge is 2.39. The Morgan fingerprint density at radius 3 is 2.35 bits per heavy atom. The molecule has 2 aromatic carbocycles. The summed E-state index contributed by atoms with van der Waals surface area (Å²) in [5.74, 6) is 1.70. The van der Waals surface area contributed by atoms with Crippen LogP contribution in [0.3, 0.4) is 0 Å². The maximum atomic E-state index is 12.6. The Hall–Kier alpha value is -3.43. The third kappa shape index (κ3) is 8.28. The van der Waals surface area contributed by atoms with Crippen molar-refractivity contribution in [1.29, 1.82) is 0 Å². The van der Waals surface area contributed by atoms with Gasteiger partial charge >= 0.3 is 5.97 Å². The molecule has 216 valence electrons. The fourth-order valence-electron chi connectivity index (χ4n) is 3.62. The Morgan fingerprint density at radius 1 is 1.00 bits per heavy atom. The van der Waals surface area contributed by atoms with Gasteiger partial charge in [-0.05, 0) is 75.3 Å². The van der Waals surface area contributed by atoms with Crippen molar-refractivity contribution in [2.45, 2.75) is 84.4 Å². The van der Waals surface area contributed by atoms with E-state index in [2.05, 4.69) is 43.8 Å². The van der Waals surface area contributed by atoms with E-state index in [-0.39, 0.29) is 18.1 Å². The van der Waals surface area contributed by atoms with E-state index in [0.29, 0.717) is 34.3 Å². The smallest absolute Gasteiger partial charge is 0.335 e. The Balaban J connectivity index is 1.88. The highest BCUT2D eigenvalue weighted by molar-refractivity contribution is 6.74. The summed E-state index contributed by atoms with van der Waals surface area (Å²) >= 11 is 0. The number of esters is 1. The number of para-hydroxylation sites is 1. The van der Waals surface area contributed by atoms with Gasteiger partial charge in [-0.2, -0.15) is 0 Å². The number of rotatable bonds is 10. The molecule has 1 atom stereocenters. The first-order valence-electron chi connectivity index (χ1n) is 13.4. The van der Waals surface area contributed by atoms with Gasteiger partial charge in [-0.15, -0.1) is 0 Å². The minimum Gasteiger partial charge on any atom is -0.543 e. The lowest BCUT2D eigenvalue weighted by Gasteiger charge is -2.36. The van der Waals surface area contributed by atoms with Gasteiger partial charge in [0, 0.05) is 18.2 Å². The average molecular weight is 567 g/mol. The molecule has 1 N–H and O–H groups in total. The van der Waals surface area contributed by atoms with Crippen LogP contribution in [0.1, 0.15) is 52.8 Å². The van der Waals surface area contributed by atoms with Crippen LogP contribution in [-0.2, 0) is 22.6 Å². The fourth-order valence-corrected chi connectivity index (χ4v) is 4.64. The molecule has 9 heteroatoms. The first-order chi connectivity index (χ1) is 18.6. The van der Waals surface area contributed by atoms with Gasteiger partial charge in [-0.3, -0.25) is 0 Å². The zero-order chi connectivity index (χ0) is 29.7. The van der Waals surface area contributed by atoms with E-state index in [1.807, 2.05) is 42.5 Å². The van der Waals surface area contributed by atoms with Gasteiger partial charge in [-0.25, -0.2) is 14.8 Å². The van der Waals surface area contributed by atoms with Crippen molar-refractivity contribution in [2.75, 3.05) is 7.11 Å². The summed E-state index contributed by atoms with van der Waals surface area (Å²) in [6.45, 7) is 16.3. The van der Waals surface area contributed by atoms with E-state index in [1.165, 1.54) is 0 Å². The summed E-state index contributed by atoms with van der Waals surface area (Å²) in [5.41, 5.74) is 1.36. The molecular weight excluding hydrogens is 524 g/mol. The SMILES string of the molecule is COc1ccccc1-c1nccc(COc2ccc(O[Si](C)(C)C(C)(C)C)cc2C[C@@H](O)C(=O)OC(C)(C)C)n1. The molecule has 40 heavy (non-hydrogen) atoms. The lowest BCUT2D eigenvalue weighted by atomic mass is 10.1. The fraction of sp³-hybridized carbons (Fsp3) is 0.452. The van der Waals surface area contributed by atoms with Crippen LogP contribution in [0.15, 0.2) is 54.7 Å². The average Bonchev–Trinajstić information content (AvgIpc) is 2.86. The van der Waals surface area contributed by atoms with Crippen molar-refractivity contribution in [3.05, 3.63) is 66.0 Å². The van der Waals surface area contributed by atoms with Gasteiger partial charge in [-0.1, -0.05) is 32.9 Å². The molecule has 0 aliphatic carbocycles. The van der Waals surface area contributed by atoms with Crippen LogP contribution in [0.25, 0.3) is 11.4 Å². The lowest BCUT2D eigenvalue weighted by Crippen LogP contribution is -2.43. The molecule has 8 nitrogen and oxygen atoms in total. The zero-order valence-electron chi connectivity index (χ0n) is 25.1. The normalized spacial score (nSPS) is 12.9. The Bertz CT molecular complexity index is 1310. The number of aliphatic hydroxyl groups excluding tert-OH is 1. The minimum absolute atomic E-state index is 0.00448. The van der Waals surface area contributed by atoms with Crippen LogP contribution in [0.4, 0.5) is 0 Å². The molecule has 0 saturated carbocycles. The predicted octanol–water partition coefficient (Wildman–Crippen LogP) is 6.36. The molecule has 0 aliphatic heterocycles. The van der Waals surface area contributed by atoms with Gasteiger partial charge in [0.05, 0.1) is 18.4 Å². The Morgan fingerprint density at radius 2 is 1.70 bits per heavy atom. The summed E-state index contributed by atoms with van der Waals surface area (Å²) < 4.78 is 23.5. The number of carbonyl (C=O) groups is 1. The molecule has 0 saturated heterocycles. The number of hydrogen-bond acceptors (Lipinski definition) is 8. The number of aromatic nitrogens is 2. The standard InChI is InChI=1S/C31H42N2O6Si/c1-30(2,3)38-29(35)25(34)19-21-18-23(39-40(8,9)31(4,5)6)14-15-26(21)37-20-22-16-17-32-28(33-22)24-12-10-11-13-27(24)36-7/h10-18,25,34H,19-20H2,1-9H3/t25-/m1/s1. The zero-order valence-corrected chi connectivity index (χ0v) is 26.1. The summed E-state index contributed by atoms with van der Waals surface area (Å²) in [6.07, 6.45) is 0.326. The molecule has 3 rings (SSSR count). The van der Waals surface area contributed by atoms with E-state index < -0.39 is 26.0 Å². The van der Waals surface area contributed by atoms with Gasteiger partial charge in [0.1, 0.15) is 29.5 Å². The molecule has 3 aromatic rings. The van der Waals surface area contributed by atoms with E-state index in [9.17, 15) is 9.90 Å². The number of nitrogens with zero attached hydrogens (tertiary/aromatic N) is 2. The van der Waals surface area contributed by atoms with Crippen LogP contribution in [0.2, 0.25) is 18.1 Å². The van der Waals surface area contributed by atoms with Crippen molar-refractivity contribution in [1.82, 2.24) is 9.97 Å². The largest absolute Gasteiger partial charge is 0.543 e. The quantitative estimate of drug-likeness (QED) is 0.224. The second kappa shape index (κ2) is 12.4. The van der Waals surface area contributed by atoms with Crippen molar-refractivity contribution in [2.24, 2.45) is 0 Å². The molecule has 0 spiro atoms. The number of hydrogen-bond donors (Lipinski definition) is 1. The third-order valence-electron chi connectivity index (χ3n) is 6.74. The summed E-state index contributed by atoms with van der Waals surface area (Å²) in [4.78, 5) is 21.6. The molecule has 0 amide bonds. The third-order valence-corrected chi connectivity index (χ3v) is 11.1. The van der Waals surface area contributed by atoms with Gasteiger partial charge < -0.3 is 23.7 Å². The summed E-state index contributed by atoms with van der Waals surface area (Å²) in [5, 5.41) is 10.7. The first kappa shape index (κ1) is 31.1. The van der Waals surface area contributed by atoms with Crippen molar-refractivity contribution in [3.8, 4) is 28.6 Å². The Labute approximate surface area is 238 Å². The van der Waals surface area contributed by atoms with Gasteiger partial charge in [0.25, 0.3) is 0 Å². The molecule has 0 radical (unpaired) electrons. The number of carbonyl (C=O) groups excluding carboxylic acids is 1. The van der Waals surface area contributed by atoms with Crippen LogP contribution < -0.4 is 13.9 Å². The van der Waals surface area contributed by atoms with Crippen LogP contribution in [0.5, 0.6) is 17.2 Å². The van der Waals surface area contributed by atoms with Crippen LogP contribution in [0, 0.1) is 0 Å². The van der Waals surface area contributed by atoms with E-state index in [0.717, 1.165) is 5.56 Å². The summed E-state index contributed by atoms with van der Waals surface area (Å²) in [7, 11) is -0.511. The van der Waals surface area contributed by atoms with Gasteiger partial charge in [0.2, 0.25) is 8.32 Å². The number of aliphatic hydroxyl groups is 1. The van der Waals surface area contributed by atoms with E-state index in [4.69, 9.17) is 18.6 Å². The monoisotopic (exact) mass is 566 g/mol. The number of ether oxygens (including phenoxy) is 3. The number of methoxy groups -OCH3 is 1. The second-order valence-corrected chi connectivity index (χ2v) is 17.0. The van der Waals surface area contributed by atoms with Crippen molar-refractivity contribution in [3.63, 3.8) is 0 Å². The maximum absolute atomic E-state index is 12.6. The first-order valence-corrected chi connectivity index (χ1v) is 16.3. The molecule has 1 aromatic heterocycles. The molecule has 0 bridgehead atoms. The minimum atomic E-state index is -2.12. The van der Waals surface area contributed by atoms with Crippen molar-refractivity contribution < 1.29 is 28.5 Å². The lowest BCUT2D eigenvalue weighted by molar-refractivity contribution is -0.164. The Kier molecular flexibility index (Phi) is 9.63. The highest BCUT2D eigenvalue weighted by atomic mass is 28.4. The maximum Gasteiger partial charge on any atom is 0.335 e. The van der Waals surface area contributed by atoms with Crippen molar-refractivity contribution >= 4 is 14.3 Å². The molecule has 0 unspecified atom stereocenters. The second-order valence-electron chi connectivity index (χ2n) is 12.2. The summed E-state index contributed by atoms with van der Waals surface area (Å²) in [6, 6.07) is 14.8. The van der Waals surface area contributed by atoms with E-state index in [1.54, 1.807) is 40.1 Å². The topological polar surface area (TPSA) is 100 Å². The molecule has 1 heterocycles. The van der Waals surface area contributed by atoms with Gasteiger partial charge in [0.15, 0.2) is 11.9 Å².